The third-order valence-corrected chi connectivity index (χ3v) is 5.05. The van der Waals surface area contributed by atoms with Gasteiger partial charge in [-0.2, -0.15) is 9.57 Å². The molecule has 0 amide bonds. The second-order valence-electron chi connectivity index (χ2n) is 4.81. The largest absolute Gasteiger partial charge is 0.380 e. The molecule has 108 valence electrons. The van der Waals surface area contributed by atoms with Crippen molar-refractivity contribution >= 4 is 10.0 Å². The number of sulfonamides is 1. The van der Waals surface area contributed by atoms with E-state index in [4.69, 9.17) is 10.00 Å². The summed E-state index contributed by atoms with van der Waals surface area (Å²) >= 11 is 0. The normalized spacial score (nSPS) is 15.2. The van der Waals surface area contributed by atoms with Gasteiger partial charge in [0.2, 0.25) is 10.0 Å². The number of nitrogens with zero attached hydrogens (tertiary/aromatic N) is 3. The number of pyridine rings is 1. The molecule has 0 unspecified atom stereocenters. The highest BCUT2D eigenvalue weighted by atomic mass is 32.2. The maximum Gasteiger partial charge on any atom is 0.245 e. The number of aromatic nitrogens is 1. The molecular formula is C13H17N3O3S. The van der Waals surface area contributed by atoms with Crippen molar-refractivity contribution in [2.75, 3.05) is 26.8 Å². The Kier molecular flexibility index (Phi) is 4.70. The van der Waals surface area contributed by atoms with E-state index in [1.54, 1.807) is 6.07 Å². The minimum Gasteiger partial charge on any atom is -0.380 e. The molecule has 0 spiro atoms. The summed E-state index contributed by atoms with van der Waals surface area (Å²) < 4.78 is 31.3. The highest BCUT2D eigenvalue weighted by molar-refractivity contribution is 7.89. The Morgan fingerprint density at radius 2 is 2.30 bits per heavy atom. The van der Waals surface area contributed by atoms with Crippen molar-refractivity contribution in [1.82, 2.24) is 9.29 Å². The fourth-order valence-corrected chi connectivity index (χ4v) is 2.94. The summed E-state index contributed by atoms with van der Waals surface area (Å²) in [5.74, 6) is 0.653. The van der Waals surface area contributed by atoms with Gasteiger partial charge in [-0.25, -0.2) is 13.4 Å². The van der Waals surface area contributed by atoms with Crippen LogP contribution >= 0.6 is 0 Å². The summed E-state index contributed by atoms with van der Waals surface area (Å²) in [6.07, 6.45) is 3.81. The Morgan fingerprint density at radius 1 is 1.55 bits per heavy atom. The van der Waals surface area contributed by atoms with Crippen LogP contribution in [0.5, 0.6) is 0 Å². The zero-order chi connectivity index (χ0) is 14.6. The Balaban J connectivity index is 1.99. The van der Waals surface area contributed by atoms with Crippen molar-refractivity contribution in [2.45, 2.75) is 17.7 Å². The van der Waals surface area contributed by atoms with Gasteiger partial charge in [0, 0.05) is 26.4 Å². The minimum atomic E-state index is -3.70. The van der Waals surface area contributed by atoms with Gasteiger partial charge in [-0.05, 0) is 30.9 Å². The van der Waals surface area contributed by atoms with Gasteiger partial charge in [0.15, 0.2) is 5.69 Å². The first-order chi connectivity index (χ1) is 9.55. The van der Waals surface area contributed by atoms with Crippen LogP contribution in [-0.4, -0.2) is 44.5 Å². The van der Waals surface area contributed by atoms with E-state index in [0.717, 1.165) is 0 Å². The van der Waals surface area contributed by atoms with Crippen LogP contribution in [0, 0.1) is 17.2 Å². The molecule has 0 bridgehead atoms. The van der Waals surface area contributed by atoms with E-state index < -0.39 is 10.0 Å². The number of nitriles is 1. The Labute approximate surface area is 119 Å². The molecule has 1 fully saturated rings. The van der Waals surface area contributed by atoms with Crippen LogP contribution in [0.4, 0.5) is 0 Å². The molecule has 0 N–H and O–H groups in total. The molecule has 20 heavy (non-hydrogen) atoms. The first-order valence-corrected chi connectivity index (χ1v) is 7.89. The average Bonchev–Trinajstić information content (AvgIpc) is 3.27. The van der Waals surface area contributed by atoms with E-state index in [0.29, 0.717) is 19.1 Å². The maximum absolute atomic E-state index is 12.3. The molecular weight excluding hydrogens is 278 g/mol. The second-order valence-corrected chi connectivity index (χ2v) is 6.82. The van der Waals surface area contributed by atoms with Gasteiger partial charge in [-0.3, -0.25) is 0 Å². The third-order valence-electron chi connectivity index (χ3n) is 3.17. The van der Waals surface area contributed by atoms with Crippen LogP contribution in [0.2, 0.25) is 0 Å². The number of ether oxygens (including phenoxy) is 1. The van der Waals surface area contributed by atoms with Crippen molar-refractivity contribution < 1.29 is 13.2 Å². The molecule has 1 aromatic rings. The van der Waals surface area contributed by atoms with Crippen LogP contribution in [0.15, 0.2) is 23.2 Å². The zero-order valence-electron chi connectivity index (χ0n) is 11.3. The lowest BCUT2D eigenvalue weighted by molar-refractivity contribution is 0.117. The number of hydrogen-bond acceptors (Lipinski definition) is 5. The van der Waals surface area contributed by atoms with E-state index >= 15 is 0 Å². The molecule has 1 aliphatic carbocycles. The van der Waals surface area contributed by atoms with Gasteiger partial charge in [0.25, 0.3) is 0 Å². The van der Waals surface area contributed by atoms with Crippen LogP contribution in [-0.2, 0) is 14.8 Å². The molecule has 7 heteroatoms. The monoisotopic (exact) mass is 295 g/mol. The van der Waals surface area contributed by atoms with E-state index in [1.165, 1.54) is 42.5 Å². The average molecular weight is 295 g/mol. The predicted octanol–water partition coefficient (Wildman–Crippen LogP) is 1.00. The summed E-state index contributed by atoms with van der Waals surface area (Å²) in [6.45, 7) is 1.31. The van der Waals surface area contributed by atoms with Gasteiger partial charge in [-0.15, -0.1) is 0 Å². The first-order valence-electron chi connectivity index (χ1n) is 6.45. The second kappa shape index (κ2) is 6.31. The molecule has 1 saturated carbocycles. The van der Waals surface area contributed by atoms with Crippen molar-refractivity contribution in [3.63, 3.8) is 0 Å². The van der Waals surface area contributed by atoms with Gasteiger partial charge in [-0.1, -0.05) is 0 Å². The number of likely N-dealkylation sites (N-methyl/N-ethyl adjacent to an activating group) is 1. The quantitative estimate of drug-likeness (QED) is 0.701. The SMILES string of the molecule is CN(CCOCC1CC1)S(=O)(=O)c1cccnc1C#N. The lowest BCUT2D eigenvalue weighted by atomic mass is 10.4. The van der Waals surface area contributed by atoms with Crippen LogP contribution in [0.25, 0.3) is 0 Å². The van der Waals surface area contributed by atoms with Crippen LogP contribution < -0.4 is 0 Å². The Hall–Kier alpha value is -1.49. The third kappa shape index (κ3) is 3.54. The van der Waals surface area contributed by atoms with E-state index in [-0.39, 0.29) is 17.1 Å². The Morgan fingerprint density at radius 3 is 2.95 bits per heavy atom. The molecule has 2 rings (SSSR count). The molecule has 0 aliphatic heterocycles. The lowest BCUT2D eigenvalue weighted by Crippen LogP contribution is -2.31. The molecule has 0 aromatic carbocycles. The molecule has 6 nitrogen and oxygen atoms in total. The fourth-order valence-electron chi connectivity index (χ4n) is 1.70. The first kappa shape index (κ1) is 14.9. The summed E-state index contributed by atoms with van der Waals surface area (Å²) in [6, 6.07) is 4.70. The molecule has 0 radical (unpaired) electrons. The van der Waals surface area contributed by atoms with Crippen LogP contribution in [0.3, 0.4) is 0 Å². The van der Waals surface area contributed by atoms with E-state index in [2.05, 4.69) is 4.98 Å². The molecule has 1 aliphatic rings. The van der Waals surface area contributed by atoms with Gasteiger partial charge >= 0.3 is 0 Å². The van der Waals surface area contributed by atoms with Gasteiger partial charge in [0.05, 0.1) is 6.61 Å². The summed E-state index contributed by atoms with van der Waals surface area (Å²) in [5, 5.41) is 8.93. The van der Waals surface area contributed by atoms with Gasteiger partial charge in [0.1, 0.15) is 11.0 Å². The van der Waals surface area contributed by atoms with Crippen molar-refractivity contribution in [2.24, 2.45) is 5.92 Å². The van der Waals surface area contributed by atoms with E-state index in [1.807, 2.05) is 0 Å². The number of rotatable bonds is 7. The van der Waals surface area contributed by atoms with Gasteiger partial charge < -0.3 is 4.74 Å². The lowest BCUT2D eigenvalue weighted by Gasteiger charge is -2.17. The standard InChI is InChI=1S/C13H17N3O3S/c1-16(7-8-19-10-11-4-5-11)20(17,18)13-3-2-6-15-12(13)9-14/h2-3,6,11H,4-5,7-8,10H2,1H3. The highest BCUT2D eigenvalue weighted by Gasteiger charge is 2.25. The summed E-state index contributed by atoms with van der Waals surface area (Å²) in [4.78, 5) is 3.71. The number of hydrogen-bond donors (Lipinski definition) is 0. The maximum atomic E-state index is 12.3. The van der Waals surface area contributed by atoms with Crippen molar-refractivity contribution in [1.29, 1.82) is 5.26 Å². The summed E-state index contributed by atoms with van der Waals surface area (Å²) in [5.41, 5.74) is -0.0850. The highest BCUT2D eigenvalue weighted by Crippen LogP contribution is 2.28. The molecule has 1 heterocycles. The van der Waals surface area contributed by atoms with Crippen LogP contribution in [0.1, 0.15) is 18.5 Å². The van der Waals surface area contributed by atoms with Crippen molar-refractivity contribution in [3.05, 3.63) is 24.0 Å². The van der Waals surface area contributed by atoms with E-state index in [9.17, 15) is 8.42 Å². The molecule has 0 saturated heterocycles. The fraction of sp³-hybridized carbons (Fsp3) is 0.538. The predicted molar refractivity (Wildman–Crippen MR) is 72.3 cm³/mol. The Bertz CT molecular complexity index is 606. The topological polar surface area (TPSA) is 83.3 Å². The smallest absolute Gasteiger partial charge is 0.245 e. The molecule has 1 aromatic heterocycles. The zero-order valence-corrected chi connectivity index (χ0v) is 12.1. The van der Waals surface area contributed by atoms with Crippen molar-refractivity contribution in [3.8, 4) is 6.07 Å². The molecule has 0 atom stereocenters. The minimum absolute atomic E-state index is 0.0628. The summed E-state index contributed by atoms with van der Waals surface area (Å²) in [7, 11) is -2.22.